The Labute approximate surface area is 122 Å². The Hall–Kier alpha value is -0.570. The molecular formula is C16H25ClN2. The normalized spacial score (nSPS) is 22.7. The third-order valence-electron chi connectivity index (χ3n) is 3.79. The first-order valence-corrected chi connectivity index (χ1v) is 7.67. The lowest BCUT2D eigenvalue weighted by atomic mass is 9.94. The fourth-order valence-electron chi connectivity index (χ4n) is 2.87. The maximum Gasteiger partial charge on any atom is 0.0406 e. The maximum atomic E-state index is 6.01. The molecule has 2 unspecified atom stereocenters. The minimum Gasteiger partial charge on any atom is -0.312 e. The van der Waals surface area contributed by atoms with E-state index in [1.807, 2.05) is 12.1 Å². The molecule has 1 aromatic rings. The summed E-state index contributed by atoms with van der Waals surface area (Å²) in [5, 5.41) is 4.34. The van der Waals surface area contributed by atoms with Crippen LogP contribution in [0.4, 0.5) is 0 Å². The van der Waals surface area contributed by atoms with E-state index < -0.39 is 0 Å². The zero-order chi connectivity index (χ0) is 13.8. The fraction of sp³-hybridized carbons (Fsp3) is 0.625. The Balaban J connectivity index is 2.17. The van der Waals surface area contributed by atoms with Crippen LogP contribution in [0.5, 0.6) is 0 Å². The summed E-state index contributed by atoms with van der Waals surface area (Å²) < 4.78 is 0. The quantitative estimate of drug-likeness (QED) is 0.904. The van der Waals surface area contributed by atoms with E-state index in [1.54, 1.807) is 0 Å². The molecule has 0 spiro atoms. The molecule has 2 nitrogen and oxygen atoms in total. The van der Waals surface area contributed by atoms with Gasteiger partial charge in [-0.1, -0.05) is 37.6 Å². The van der Waals surface area contributed by atoms with Crippen molar-refractivity contribution in [1.82, 2.24) is 10.2 Å². The predicted octanol–water partition coefficient (Wildman–Crippen LogP) is 3.72. The topological polar surface area (TPSA) is 15.3 Å². The molecule has 0 amide bonds. The molecule has 1 aromatic carbocycles. The second kappa shape index (κ2) is 6.74. The summed E-state index contributed by atoms with van der Waals surface area (Å²) in [5.41, 5.74) is 1.40. The zero-order valence-corrected chi connectivity index (χ0v) is 13.0. The molecule has 2 rings (SSSR count). The second-order valence-corrected chi connectivity index (χ2v) is 6.48. The van der Waals surface area contributed by atoms with Gasteiger partial charge in [-0.3, -0.25) is 4.90 Å². The summed E-state index contributed by atoms with van der Waals surface area (Å²) >= 11 is 6.01. The summed E-state index contributed by atoms with van der Waals surface area (Å²) in [5.74, 6) is 0.700. The highest BCUT2D eigenvalue weighted by Gasteiger charge is 2.25. The van der Waals surface area contributed by atoms with Gasteiger partial charge in [0, 0.05) is 36.7 Å². The fourth-order valence-corrected chi connectivity index (χ4v) is 3.00. The van der Waals surface area contributed by atoms with Crippen LogP contribution < -0.4 is 5.32 Å². The molecule has 0 aliphatic carbocycles. The Morgan fingerprint density at radius 3 is 2.58 bits per heavy atom. The smallest absolute Gasteiger partial charge is 0.0406 e. The number of benzene rings is 1. The van der Waals surface area contributed by atoms with E-state index >= 15 is 0 Å². The summed E-state index contributed by atoms with van der Waals surface area (Å²) in [4.78, 5) is 2.62. The Bertz CT molecular complexity index is 388. The SMILES string of the molecule is CC(C)CC(c1ccc(Cl)cc1)N1CCNC(C)C1. The van der Waals surface area contributed by atoms with E-state index in [9.17, 15) is 0 Å². The Kier molecular flexibility index (Phi) is 5.26. The first-order valence-electron chi connectivity index (χ1n) is 7.29. The van der Waals surface area contributed by atoms with Crippen LogP contribution in [0.3, 0.4) is 0 Å². The van der Waals surface area contributed by atoms with Gasteiger partial charge >= 0.3 is 0 Å². The molecule has 1 N–H and O–H groups in total. The molecule has 1 fully saturated rings. The maximum absolute atomic E-state index is 6.01. The van der Waals surface area contributed by atoms with Gasteiger partial charge in [0.2, 0.25) is 0 Å². The monoisotopic (exact) mass is 280 g/mol. The standard InChI is InChI=1S/C16H25ClN2/c1-12(2)10-16(14-4-6-15(17)7-5-14)19-9-8-18-13(3)11-19/h4-7,12-13,16,18H,8-11H2,1-3H3. The van der Waals surface area contributed by atoms with Gasteiger partial charge in [-0.25, -0.2) is 0 Å². The lowest BCUT2D eigenvalue weighted by molar-refractivity contribution is 0.132. The van der Waals surface area contributed by atoms with Crippen molar-refractivity contribution in [1.29, 1.82) is 0 Å². The number of piperazine rings is 1. The minimum atomic E-state index is 0.516. The van der Waals surface area contributed by atoms with Gasteiger partial charge in [0.1, 0.15) is 0 Å². The van der Waals surface area contributed by atoms with Crippen molar-refractivity contribution < 1.29 is 0 Å². The highest BCUT2D eigenvalue weighted by Crippen LogP contribution is 2.29. The number of hydrogen-bond donors (Lipinski definition) is 1. The van der Waals surface area contributed by atoms with Crippen LogP contribution in [0.2, 0.25) is 5.02 Å². The third kappa shape index (κ3) is 4.20. The zero-order valence-electron chi connectivity index (χ0n) is 12.2. The highest BCUT2D eigenvalue weighted by molar-refractivity contribution is 6.30. The molecule has 3 heteroatoms. The van der Waals surface area contributed by atoms with Crippen molar-refractivity contribution in [2.75, 3.05) is 19.6 Å². The molecule has 1 aliphatic rings. The summed E-state index contributed by atoms with van der Waals surface area (Å²) in [7, 11) is 0. The first-order chi connectivity index (χ1) is 9.06. The van der Waals surface area contributed by atoms with Crippen LogP contribution >= 0.6 is 11.6 Å². The molecule has 0 bridgehead atoms. The van der Waals surface area contributed by atoms with E-state index in [0.29, 0.717) is 18.0 Å². The molecule has 1 aliphatic heterocycles. The van der Waals surface area contributed by atoms with Crippen LogP contribution in [0.25, 0.3) is 0 Å². The van der Waals surface area contributed by atoms with Crippen LogP contribution in [-0.2, 0) is 0 Å². The molecule has 0 radical (unpaired) electrons. The van der Waals surface area contributed by atoms with Crippen molar-refractivity contribution in [3.63, 3.8) is 0 Å². The summed E-state index contributed by atoms with van der Waals surface area (Å²) in [6.07, 6.45) is 1.20. The van der Waals surface area contributed by atoms with E-state index in [0.717, 1.165) is 24.7 Å². The molecule has 0 saturated carbocycles. The molecule has 1 saturated heterocycles. The number of hydrogen-bond acceptors (Lipinski definition) is 2. The Morgan fingerprint density at radius 1 is 1.32 bits per heavy atom. The highest BCUT2D eigenvalue weighted by atomic mass is 35.5. The number of nitrogens with zero attached hydrogens (tertiary/aromatic N) is 1. The Morgan fingerprint density at radius 2 is 2.00 bits per heavy atom. The van der Waals surface area contributed by atoms with Crippen molar-refractivity contribution in [3.8, 4) is 0 Å². The van der Waals surface area contributed by atoms with Gasteiger partial charge in [0.05, 0.1) is 0 Å². The van der Waals surface area contributed by atoms with Gasteiger partial charge in [0.15, 0.2) is 0 Å². The molecular weight excluding hydrogens is 256 g/mol. The van der Waals surface area contributed by atoms with Gasteiger partial charge in [-0.15, -0.1) is 0 Å². The number of halogens is 1. The largest absolute Gasteiger partial charge is 0.312 e. The van der Waals surface area contributed by atoms with Crippen molar-refractivity contribution in [3.05, 3.63) is 34.9 Å². The van der Waals surface area contributed by atoms with E-state index in [1.165, 1.54) is 12.0 Å². The lowest BCUT2D eigenvalue weighted by Crippen LogP contribution is -2.50. The van der Waals surface area contributed by atoms with E-state index in [-0.39, 0.29) is 0 Å². The van der Waals surface area contributed by atoms with Crippen LogP contribution in [0, 0.1) is 5.92 Å². The number of nitrogens with one attached hydrogen (secondary N) is 1. The van der Waals surface area contributed by atoms with Crippen LogP contribution in [0.15, 0.2) is 24.3 Å². The van der Waals surface area contributed by atoms with E-state index in [2.05, 4.69) is 43.1 Å². The molecule has 2 atom stereocenters. The van der Waals surface area contributed by atoms with Gasteiger partial charge in [-0.05, 0) is 37.0 Å². The first kappa shape index (κ1) is 14.8. The molecule has 1 heterocycles. The minimum absolute atomic E-state index is 0.516. The van der Waals surface area contributed by atoms with Gasteiger partial charge < -0.3 is 5.32 Å². The van der Waals surface area contributed by atoms with Gasteiger partial charge in [-0.2, -0.15) is 0 Å². The van der Waals surface area contributed by atoms with E-state index in [4.69, 9.17) is 11.6 Å². The van der Waals surface area contributed by atoms with Crippen molar-refractivity contribution in [2.24, 2.45) is 5.92 Å². The molecule has 19 heavy (non-hydrogen) atoms. The second-order valence-electron chi connectivity index (χ2n) is 6.05. The van der Waals surface area contributed by atoms with Crippen LogP contribution in [-0.4, -0.2) is 30.6 Å². The molecule has 106 valence electrons. The third-order valence-corrected chi connectivity index (χ3v) is 4.04. The summed E-state index contributed by atoms with van der Waals surface area (Å²) in [6.45, 7) is 10.2. The number of rotatable bonds is 4. The molecule has 0 aromatic heterocycles. The van der Waals surface area contributed by atoms with Crippen LogP contribution in [0.1, 0.15) is 38.8 Å². The summed E-state index contributed by atoms with van der Waals surface area (Å²) in [6, 6.07) is 9.48. The van der Waals surface area contributed by atoms with Crippen molar-refractivity contribution in [2.45, 2.75) is 39.3 Å². The lowest BCUT2D eigenvalue weighted by Gasteiger charge is -2.39. The van der Waals surface area contributed by atoms with Gasteiger partial charge in [0.25, 0.3) is 0 Å². The predicted molar refractivity (Wildman–Crippen MR) is 82.7 cm³/mol. The average molecular weight is 281 g/mol. The average Bonchev–Trinajstić information content (AvgIpc) is 2.37. The van der Waals surface area contributed by atoms with Crippen molar-refractivity contribution >= 4 is 11.6 Å².